The van der Waals surface area contributed by atoms with Gasteiger partial charge in [0.1, 0.15) is 24.0 Å². The normalized spacial score (nSPS) is 34.5. The van der Waals surface area contributed by atoms with E-state index in [9.17, 15) is 14.7 Å². The van der Waals surface area contributed by atoms with E-state index in [1.54, 1.807) is 25.3 Å². The zero-order valence-corrected chi connectivity index (χ0v) is 30.0. The van der Waals surface area contributed by atoms with Gasteiger partial charge in [-0.3, -0.25) is 0 Å². The van der Waals surface area contributed by atoms with Crippen LogP contribution in [0.15, 0.2) is 42.1 Å². The van der Waals surface area contributed by atoms with Crippen molar-refractivity contribution in [3.8, 4) is 0 Å². The number of carbonyl (C=O) groups excluding carboxylic acids is 2. The van der Waals surface area contributed by atoms with Gasteiger partial charge in [0, 0.05) is 37.0 Å². The Morgan fingerprint density at radius 3 is 2.44 bits per heavy atom. The molecule has 0 radical (unpaired) electrons. The zero-order valence-electron chi connectivity index (χ0n) is 29.0. The van der Waals surface area contributed by atoms with Crippen molar-refractivity contribution in [3.63, 3.8) is 0 Å². The highest BCUT2D eigenvalue weighted by Gasteiger charge is 2.57. The number of esters is 2. The third-order valence-electron chi connectivity index (χ3n) is 10.9. The van der Waals surface area contributed by atoms with Crippen LogP contribution >= 0.6 is 0 Å². The Balaban J connectivity index is 1.72. The monoisotopic (exact) mass is 645 g/mol. The predicted octanol–water partition coefficient (Wildman–Crippen LogP) is 6.21. The van der Waals surface area contributed by atoms with Crippen molar-refractivity contribution in [3.05, 3.63) is 47.8 Å². The maximum atomic E-state index is 13.7. The number of aliphatic hydroxyl groups is 1. The Labute approximate surface area is 270 Å². The van der Waals surface area contributed by atoms with Gasteiger partial charge >= 0.3 is 11.9 Å². The maximum absolute atomic E-state index is 13.7. The quantitative estimate of drug-likeness (QED) is 0.185. The molecule has 3 aliphatic rings. The van der Waals surface area contributed by atoms with Gasteiger partial charge in [-0.25, -0.2) is 9.59 Å². The van der Waals surface area contributed by atoms with Crippen molar-refractivity contribution in [1.29, 1.82) is 0 Å². The number of fused-ring (bicyclic) bond motifs is 1. The number of methoxy groups -OCH3 is 1. The fraction of sp³-hybridized carbons (Fsp3) is 0.714. The first-order valence-electron chi connectivity index (χ1n) is 16.4. The Morgan fingerprint density at radius 2 is 1.87 bits per heavy atom. The minimum atomic E-state index is -2.16. The average molecular weight is 646 g/mol. The van der Waals surface area contributed by atoms with Crippen LogP contribution in [-0.4, -0.2) is 79.7 Å². The van der Waals surface area contributed by atoms with Crippen molar-refractivity contribution in [1.82, 2.24) is 4.98 Å². The van der Waals surface area contributed by atoms with Gasteiger partial charge in [-0.15, -0.1) is 0 Å². The van der Waals surface area contributed by atoms with Crippen molar-refractivity contribution in [2.45, 2.75) is 129 Å². The van der Waals surface area contributed by atoms with Crippen molar-refractivity contribution in [2.24, 2.45) is 23.7 Å². The van der Waals surface area contributed by atoms with E-state index in [4.69, 9.17) is 23.4 Å². The van der Waals surface area contributed by atoms with E-state index in [0.29, 0.717) is 18.5 Å². The first-order valence-corrected chi connectivity index (χ1v) is 19.3. The summed E-state index contributed by atoms with van der Waals surface area (Å²) >= 11 is 0. The largest absolute Gasteiger partial charge is 0.457 e. The molecule has 1 aliphatic carbocycles. The molecule has 9 nitrogen and oxygen atoms in total. The average Bonchev–Trinajstić information content (AvgIpc) is 3.60. The minimum absolute atomic E-state index is 0.00226. The third kappa shape index (κ3) is 7.20. The molecular formula is C35H55NO8Si. The topological polar surface area (TPSA) is 116 Å². The van der Waals surface area contributed by atoms with Crippen LogP contribution in [0.25, 0.3) is 0 Å². The standard InChI is InChI=1S/C35H55NO8Si/c1-20-17-21(2)35-19-25(31(43-35)30(22(3)23(4)37)42-32(38)27-13-12-16-36-27)14-15-26(35)18-28(40-9)33(39)41-29(20)24(5)44-45(10,11)34(6,7)8/h12-17,20,22-26,28-31,36-37H,18-19H2,1-11H3/b21-17+/t20-,22-,23+,24-,25-,26-,28+,29+,30-,31-,35+/m1/s1. The number of nitrogens with one attached hydrogen (secondary N) is 1. The minimum Gasteiger partial charge on any atom is -0.457 e. The van der Waals surface area contributed by atoms with Gasteiger partial charge in [-0.05, 0) is 69.5 Å². The van der Waals surface area contributed by atoms with E-state index in [1.807, 2.05) is 13.8 Å². The predicted molar refractivity (Wildman–Crippen MR) is 175 cm³/mol. The van der Waals surface area contributed by atoms with Crippen LogP contribution in [-0.2, 0) is 28.2 Å². The molecule has 1 saturated heterocycles. The SMILES string of the molecule is CO[C@H]1C[C@H]2C=C[C@@H]3C[C@]2(O[C@H]3[C@H](OC(=O)c2ccc[nH]2)[C@H](C)[C@H](C)O)/C(C)=C/[C@@H](C)[C@@H]([C@@H](C)O[Si](C)(C)C(C)(C)C)OC1=O. The van der Waals surface area contributed by atoms with Gasteiger partial charge in [0.05, 0.1) is 17.8 Å². The molecule has 1 aromatic rings. The second-order valence-electron chi connectivity index (χ2n) is 15.0. The molecule has 45 heavy (non-hydrogen) atoms. The van der Waals surface area contributed by atoms with Gasteiger partial charge < -0.3 is 33.5 Å². The molecule has 252 valence electrons. The van der Waals surface area contributed by atoms with Gasteiger partial charge in [0.2, 0.25) is 0 Å². The van der Waals surface area contributed by atoms with Gasteiger partial charge in [-0.2, -0.15) is 0 Å². The molecule has 1 spiro atoms. The number of rotatable bonds is 9. The second kappa shape index (κ2) is 13.5. The van der Waals surface area contributed by atoms with Crippen molar-refractivity contribution < 1.29 is 38.1 Å². The molecule has 11 atom stereocenters. The summed E-state index contributed by atoms with van der Waals surface area (Å²) in [5, 5.41) is 10.6. The highest BCUT2D eigenvalue weighted by molar-refractivity contribution is 6.74. The fourth-order valence-electron chi connectivity index (χ4n) is 6.91. The first kappa shape index (κ1) is 35.6. The maximum Gasteiger partial charge on any atom is 0.355 e. The molecule has 10 heteroatoms. The number of aromatic amines is 1. The Hall–Kier alpha value is -2.24. The summed E-state index contributed by atoms with van der Waals surface area (Å²) in [7, 11) is -0.620. The van der Waals surface area contributed by atoms with E-state index < -0.39 is 62.3 Å². The van der Waals surface area contributed by atoms with Crippen LogP contribution in [0.5, 0.6) is 0 Å². The number of carbonyl (C=O) groups is 2. The van der Waals surface area contributed by atoms with Crippen molar-refractivity contribution in [2.75, 3.05) is 7.11 Å². The van der Waals surface area contributed by atoms with Gasteiger partial charge in [0.25, 0.3) is 0 Å². The first-order chi connectivity index (χ1) is 20.9. The van der Waals surface area contributed by atoms with Crippen LogP contribution in [0.2, 0.25) is 18.1 Å². The Morgan fingerprint density at radius 1 is 1.18 bits per heavy atom. The molecule has 0 unspecified atom stereocenters. The van der Waals surface area contributed by atoms with E-state index in [0.717, 1.165) is 5.57 Å². The number of cyclic esters (lactones) is 1. The Kier molecular flexibility index (Phi) is 10.7. The van der Waals surface area contributed by atoms with E-state index in [1.165, 1.54) is 7.11 Å². The molecule has 2 N–H and O–H groups in total. The van der Waals surface area contributed by atoms with Gasteiger partial charge in [-0.1, -0.05) is 52.8 Å². The second-order valence-corrected chi connectivity index (χ2v) is 19.8. The van der Waals surface area contributed by atoms with Crippen LogP contribution in [0, 0.1) is 23.7 Å². The molecular weight excluding hydrogens is 590 g/mol. The fourth-order valence-corrected chi connectivity index (χ4v) is 8.33. The van der Waals surface area contributed by atoms with Crippen LogP contribution in [0.4, 0.5) is 0 Å². The summed E-state index contributed by atoms with van der Waals surface area (Å²) in [6.45, 7) is 20.7. The molecule has 0 aromatic carbocycles. The lowest BCUT2D eigenvalue weighted by atomic mass is 9.69. The Bertz CT molecular complexity index is 1250. The lowest BCUT2D eigenvalue weighted by Crippen LogP contribution is -2.50. The summed E-state index contributed by atoms with van der Waals surface area (Å²) in [6, 6.07) is 3.41. The summed E-state index contributed by atoms with van der Waals surface area (Å²) in [4.78, 5) is 29.7. The number of ether oxygens (including phenoxy) is 4. The molecule has 0 amide bonds. The molecule has 1 aromatic heterocycles. The molecule has 2 bridgehead atoms. The molecule has 2 aliphatic heterocycles. The number of hydrogen-bond acceptors (Lipinski definition) is 8. The van der Waals surface area contributed by atoms with Crippen molar-refractivity contribution >= 4 is 20.3 Å². The van der Waals surface area contributed by atoms with Crippen LogP contribution in [0.1, 0.15) is 78.7 Å². The van der Waals surface area contributed by atoms with Gasteiger partial charge in [0.15, 0.2) is 14.4 Å². The lowest BCUT2D eigenvalue weighted by Gasteiger charge is -2.43. The smallest absolute Gasteiger partial charge is 0.355 e. The molecule has 3 heterocycles. The molecule has 4 rings (SSSR count). The van der Waals surface area contributed by atoms with E-state index in [2.05, 4.69) is 70.9 Å². The highest BCUT2D eigenvalue weighted by atomic mass is 28.4. The molecule has 0 saturated carbocycles. The van der Waals surface area contributed by atoms with Crippen LogP contribution < -0.4 is 0 Å². The zero-order chi connectivity index (χ0) is 33.5. The summed E-state index contributed by atoms with van der Waals surface area (Å²) in [5.41, 5.74) is 0.625. The lowest BCUT2D eigenvalue weighted by molar-refractivity contribution is -0.171. The molecule has 1 fully saturated rings. The summed E-state index contributed by atoms with van der Waals surface area (Å²) in [6.07, 6.45) is 5.51. The number of hydrogen-bond donors (Lipinski definition) is 2. The number of H-pyrrole nitrogens is 1. The van der Waals surface area contributed by atoms with E-state index in [-0.39, 0.29) is 28.9 Å². The summed E-state index contributed by atoms with van der Waals surface area (Å²) in [5.74, 6) is -1.71. The highest BCUT2D eigenvalue weighted by Crippen LogP contribution is 2.53. The van der Waals surface area contributed by atoms with E-state index >= 15 is 0 Å². The number of aliphatic hydroxyl groups excluding tert-OH is 1. The number of aromatic nitrogens is 1. The van der Waals surface area contributed by atoms with Crippen LogP contribution in [0.3, 0.4) is 0 Å². The summed E-state index contributed by atoms with van der Waals surface area (Å²) < 4.78 is 31.9. The third-order valence-corrected chi connectivity index (χ3v) is 15.4.